The minimum atomic E-state index is 0.136. The van der Waals surface area contributed by atoms with E-state index in [2.05, 4.69) is 0 Å². The Morgan fingerprint density at radius 1 is 0.920 bits per heavy atom. The van der Waals surface area contributed by atoms with Gasteiger partial charge >= 0.3 is 0 Å². The molecular formula is C21H18N2OS. The number of Topliss-reactive ketones (excluding diaryl/α,β-unsaturated/α-hetero) is 1. The molecule has 4 heteroatoms. The Labute approximate surface area is 151 Å². The Bertz CT molecular complexity index is 895. The molecule has 0 unspecified atom stereocenters. The van der Waals surface area contributed by atoms with Crippen LogP contribution in [0.1, 0.15) is 28.0 Å². The van der Waals surface area contributed by atoms with Gasteiger partial charge < -0.3 is 0 Å². The zero-order valence-corrected chi connectivity index (χ0v) is 14.6. The van der Waals surface area contributed by atoms with Crippen LogP contribution in [0.4, 0.5) is 0 Å². The van der Waals surface area contributed by atoms with E-state index in [1.54, 1.807) is 0 Å². The number of hydrogen-bond acceptors (Lipinski definition) is 4. The second-order valence-corrected chi connectivity index (χ2v) is 7.04. The van der Waals surface area contributed by atoms with Gasteiger partial charge in [0.15, 0.2) is 11.6 Å². The van der Waals surface area contributed by atoms with Crippen LogP contribution in [-0.2, 0) is 12.8 Å². The van der Waals surface area contributed by atoms with Crippen molar-refractivity contribution in [3.8, 4) is 11.4 Å². The molecular weight excluding hydrogens is 328 g/mol. The van der Waals surface area contributed by atoms with E-state index in [9.17, 15) is 4.79 Å². The average Bonchev–Trinajstić information content (AvgIpc) is 3.16. The van der Waals surface area contributed by atoms with Crippen molar-refractivity contribution in [2.75, 3.05) is 5.75 Å². The van der Waals surface area contributed by atoms with Gasteiger partial charge in [-0.1, -0.05) is 72.4 Å². The molecule has 4 rings (SSSR count). The quantitative estimate of drug-likeness (QED) is 0.384. The second kappa shape index (κ2) is 7.19. The summed E-state index contributed by atoms with van der Waals surface area (Å²) in [7, 11) is 0. The standard InChI is InChI=1S/C21H18N2OS/c24-19(15-8-3-1-4-9-15)14-25-21-17-12-7-13-18(17)22-20(23-21)16-10-5-2-6-11-16/h1-6,8-11H,7,12-14H2. The van der Waals surface area contributed by atoms with E-state index in [1.807, 2.05) is 60.7 Å². The third kappa shape index (κ3) is 3.49. The summed E-state index contributed by atoms with van der Waals surface area (Å²) in [6.45, 7) is 0. The van der Waals surface area contributed by atoms with Crippen molar-refractivity contribution in [2.45, 2.75) is 24.3 Å². The third-order valence-corrected chi connectivity index (χ3v) is 5.38. The highest BCUT2D eigenvalue weighted by Gasteiger charge is 2.21. The number of ketones is 1. The maximum Gasteiger partial charge on any atom is 0.173 e. The number of nitrogens with zero attached hydrogens (tertiary/aromatic N) is 2. The van der Waals surface area contributed by atoms with Crippen molar-refractivity contribution in [3.05, 3.63) is 77.5 Å². The molecule has 0 amide bonds. The monoisotopic (exact) mass is 346 g/mol. The van der Waals surface area contributed by atoms with E-state index in [1.165, 1.54) is 17.3 Å². The lowest BCUT2D eigenvalue weighted by Gasteiger charge is -2.10. The average molecular weight is 346 g/mol. The first-order valence-electron chi connectivity index (χ1n) is 8.47. The Morgan fingerprint density at radius 2 is 1.64 bits per heavy atom. The molecule has 1 aromatic heterocycles. The SMILES string of the molecule is O=C(CSc1nc(-c2ccccc2)nc2c1CCC2)c1ccccc1. The molecule has 0 radical (unpaired) electrons. The fourth-order valence-electron chi connectivity index (χ4n) is 3.08. The van der Waals surface area contributed by atoms with E-state index < -0.39 is 0 Å². The largest absolute Gasteiger partial charge is 0.293 e. The summed E-state index contributed by atoms with van der Waals surface area (Å²) in [5.74, 6) is 1.30. The maximum atomic E-state index is 12.4. The van der Waals surface area contributed by atoms with Gasteiger partial charge in [-0.25, -0.2) is 9.97 Å². The number of hydrogen-bond donors (Lipinski definition) is 0. The molecule has 3 aromatic rings. The number of carbonyl (C=O) groups is 1. The van der Waals surface area contributed by atoms with Crippen LogP contribution in [-0.4, -0.2) is 21.5 Å². The minimum Gasteiger partial charge on any atom is -0.293 e. The Kier molecular flexibility index (Phi) is 4.61. The summed E-state index contributed by atoms with van der Waals surface area (Å²) in [6, 6.07) is 19.5. The Morgan fingerprint density at radius 3 is 2.40 bits per heavy atom. The Balaban J connectivity index is 1.61. The van der Waals surface area contributed by atoms with Crippen molar-refractivity contribution >= 4 is 17.5 Å². The molecule has 1 heterocycles. The molecule has 0 N–H and O–H groups in total. The van der Waals surface area contributed by atoms with Crippen LogP contribution < -0.4 is 0 Å². The molecule has 1 aliphatic carbocycles. The van der Waals surface area contributed by atoms with Gasteiger partial charge in [-0.15, -0.1) is 0 Å². The minimum absolute atomic E-state index is 0.136. The summed E-state index contributed by atoms with van der Waals surface area (Å²) in [5, 5.41) is 0.964. The van der Waals surface area contributed by atoms with Gasteiger partial charge in [-0.2, -0.15) is 0 Å². The molecule has 0 aliphatic heterocycles. The van der Waals surface area contributed by atoms with Gasteiger partial charge in [0.1, 0.15) is 5.03 Å². The van der Waals surface area contributed by atoms with Gasteiger partial charge in [-0.05, 0) is 19.3 Å². The first-order valence-corrected chi connectivity index (χ1v) is 9.46. The van der Waals surface area contributed by atoms with E-state index in [0.29, 0.717) is 5.75 Å². The number of aryl methyl sites for hydroxylation is 1. The van der Waals surface area contributed by atoms with Gasteiger partial charge in [0.05, 0.1) is 5.75 Å². The molecule has 0 fully saturated rings. The third-order valence-electron chi connectivity index (χ3n) is 4.36. The number of rotatable bonds is 5. The molecule has 0 atom stereocenters. The van der Waals surface area contributed by atoms with E-state index in [-0.39, 0.29) is 5.78 Å². The molecule has 0 spiro atoms. The summed E-state index contributed by atoms with van der Waals surface area (Å²) in [4.78, 5) is 21.9. The normalized spacial score (nSPS) is 12.8. The van der Waals surface area contributed by atoms with Crippen LogP contribution in [0.25, 0.3) is 11.4 Å². The Hall–Kier alpha value is -2.46. The molecule has 0 bridgehead atoms. The van der Waals surface area contributed by atoms with Crippen molar-refractivity contribution in [1.29, 1.82) is 0 Å². The molecule has 0 saturated heterocycles. The number of aromatic nitrogens is 2. The second-order valence-electron chi connectivity index (χ2n) is 6.08. The summed E-state index contributed by atoms with van der Waals surface area (Å²) in [6.07, 6.45) is 3.12. The molecule has 2 aromatic carbocycles. The van der Waals surface area contributed by atoms with Crippen molar-refractivity contribution < 1.29 is 4.79 Å². The highest BCUT2D eigenvalue weighted by molar-refractivity contribution is 8.00. The van der Waals surface area contributed by atoms with Crippen molar-refractivity contribution in [3.63, 3.8) is 0 Å². The highest BCUT2D eigenvalue weighted by atomic mass is 32.2. The van der Waals surface area contributed by atoms with Gasteiger partial charge in [0, 0.05) is 22.4 Å². The van der Waals surface area contributed by atoms with Gasteiger partial charge in [-0.3, -0.25) is 4.79 Å². The van der Waals surface area contributed by atoms with Crippen molar-refractivity contribution in [1.82, 2.24) is 9.97 Å². The van der Waals surface area contributed by atoms with E-state index in [4.69, 9.17) is 9.97 Å². The molecule has 3 nitrogen and oxygen atoms in total. The molecule has 25 heavy (non-hydrogen) atoms. The first kappa shape index (κ1) is 16.0. The number of thioether (sulfide) groups is 1. The zero-order chi connectivity index (χ0) is 17.1. The molecule has 124 valence electrons. The fourth-order valence-corrected chi connectivity index (χ4v) is 4.05. The zero-order valence-electron chi connectivity index (χ0n) is 13.8. The van der Waals surface area contributed by atoms with Crippen molar-refractivity contribution in [2.24, 2.45) is 0 Å². The number of carbonyl (C=O) groups excluding carboxylic acids is 1. The smallest absolute Gasteiger partial charge is 0.173 e. The number of fused-ring (bicyclic) bond motifs is 1. The van der Waals surface area contributed by atoms with Crippen LogP contribution in [0.5, 0.6) is 0 Å². The lowest BCUT2D eigenvalue weighted by molar-refractivity contribution is 0.102. The summed E-state index contributed by atoms with van der Waals surface area (Å²) < 4.78 is 0. The molecule has 1 aliphatic rings. The maximum absolute atomic E-state index is 12.4. The molecule has 0 saturated carbocycles. The van der Waals surface area contributed by atoms with Crippen LogP contribution in [0.2, 0.25) is 0 Å². The summed E-state index contributed by atoms with van der Waals surface area (Å²) >= 11 is 1.54. The first-order chi connectivity index (χ1) is 12.3. The van der Waals surface area contributed by atoms with Gasteiger partial charge in [0.2, 0.25) is 0 Å². The summed E-state index contributed by atoms with van der Waals surface area (Å²) in [5.41, 5.74) is 4.14. The lowest BCUT2D eigenvalue weighted by Crippen LogP contribution is -2.05. The van der Waals surface area contributed by atoms with Crippen LogP contribution in [0, 0.1) is 0 Å². The van der Waals surface area contributed by atoms with E-state index in [0.717, 1.165) is 46.9 Å². The highest BCUT2D eigenvalue weighted by Crippen LogP contribution is 2.32. The predicted octanol–water partition coefficient (Wildman–Crippen LogP) is 4.61. The predicted molar refractivity (Wildman–Crippen MR) is 101 cm³/mol. The van der Waals surface area contributed by atoms with E-state index >= 15 is 0 Å². The van der Waals surface area contributed by atoms with Crippen LogP contribution in [0.3, 0.4) is 0 Å². The van der Waals surface area contributed by atoms with Crippen LogP contribution in [0.15, 0.2) is 65.7 Å². The number of benzene rings is 2. The fraction of sp³-hybridized carbons (Fsp3) is 0.190. The lowest BCUT2D eigenvalue weighted by atomic mass is 10.2. The topological polar surface area (TPSA) is 42.9 Å². The van der Waals surface area contributed by atoms with Crippen LogP contribution >= 0.6 is 11.8 Å². The van der Waals surface area contributed by atoms with Gasteiger partial charge in [0.25, 0.3) is 0 Å².